The monoisotopic (exact) mass is 399 g/mol. The molecule has 0 aliphatic rings. The number of hydrogen-bond donors (Lipinski definition) is 1. The minimum Gasteiger partial charge on any atom is -0.378 e. The molecule has 4 nitrogen and oxygen atoms in total. The van der Waals surface area contributed by atoms with E-state index in [2.05, 4.69) is 22.8 Å². The Kier molecular flexibility index (Phi) is 5.40. The lowest BCUT2D eigenvalue weighted by atomic mass is 10.1. The lowest BCUT2D eigenvalue weighted by Gasteiger charge is -2.13. The van der Waals surface area contributed by atoms with Crippen molar-refractivity contribution in [2.45, 2.75) is 0 Å². The molecule has 3 aromatic carbocycles. The van der Waals surface area contributed by atoms with Crippen LogP contribution in [0.15, 0.2) is 84.2 Å². The van der Waals surface area contributed by atoms with Gasteiger partial charge in [-0.1, -0.05) is 48.5 Å². The van der Waals surface area contributed by atoms with Crippen LogP contribution in [0.25, 0.3) is 21.8 Å². The van der Waals surface area contributed by atoms with Gasteiger partial charge in [0.1, 0.15) is 5.01 Å². The third-order valence-electron chi connectivity index (χ3n) is 4.59. The molecule has 0 bridgehead atoms. The molecule has 1 N–H and O–H groups in total. The van der Waals surface area contributed by atoms with E-state index in [1.165, 1.54) is 0 Å². The normalized spacial score (nSPS) is 10.6. The van der Waals surface area contributed by atoms with Gasteiger partial charge in [0, 0.05) is 47.5 Å². The number of hydrogen-bond acceptors (Lipinski definition) is 4. The molecule has 0 aliphatic heterocycles. The molecule has 0 aliphatic carbocycles. The van der Waals surface area contributed by atoms with Crippen molar-refractivity contribution in [3.8, 4) is 21.8 Å². The first-order valence-electron chi connectivity index (χ1n) is 9.30. The van der Waals surface area contributed by atoms with Crippen LogP contribution in [0.2, 0.25) is 0 Å². The Labute approximate surface area is 174 Å². The zero-order valence-corrected chi connectivity index (χ0v) is 17.1. The number of nitrogens with zero attached hydrogens (tertiary/aromatic N) is 2. The summed E-state index contributed by atoms with van der Waals surface area (Å²) in [4.78, 5) is 19.3. The second kappa shape index (κ2) is 8.29. The van der Waals surface area contributed by atoms with Crippen LogP contribution in [-0.2, 0) is 0 Å². The summed E-state index contributed by atoms with van der Waals surface area (Å²) >= 11 is 1.63. The van der Waals surface area contributed by atoms with Gasteiger partial charge in [0.25, 0.3) is 5.91 Å². The van der Waals surface area contributed by atoms with E-state index in [0.717, 1.165) is 33.2 Å². The maximum absolute atomic E-state index is 12.6. The summed E-state index contributed by atoms with van der Waals surface area (Å²) in [5, 5.41) is 6.02. The van der Waals surface area contributed by atoms with Crippen molar-refractivity contribution in [1.82, 2.24) is 4.98 Å². The Balaban J connectivity index is 1.48. The Morgan fingerprint density at radius 2 is 1.66 bits per heavy atom. The standard InChI is InChI=1S/C24H21N3OS/c1-27(2)21-10-6-9-19(15-21)23(28)25-20-13-11-17(12-14-20)22-16-29-24(26-22)18-7-4-3-5-8-18/h3-16H,1-2H3,(H,25,28). The summed E-state index contributed by atoms with van der Waals surface area (Å²) in [6.07, 6.45) is 0. The summed E-state index contributed by atoms with van der Waals surface area (Å²) in [6, 6.07) is 25.5. The quantitative estimate of drug-likeness (QED) is 0.462. The van der Waals surface area contributed by atoms with Gasteiger partial charge in [0.2, 0.25) is 0 Å². The summed E-state index contributed by atoms with van der Waals surface area (Å²) in [5.41, 5.74) is 5.46. The highest BCUT2D eigenvalue weighted by Gasteiger charge is 2.09. The van der Waals surface area contributed by atoms with Crippen molar-refractivity contribution in [3.05, 3.63) is 89.8 Å². The molecule has 0 spiro atoms. The van der Waals surface area contributed by atoms with Crippen LogP contribution in [0.1, 0.15) is 10.4 Å². The van der Waals surface area contributed by atoms with Gasteiger partial charge in [-0.05, 0) is 30.3 Å². The van der Waals surface area contributed by atoms with Crippen molar-refractivity contribution in [2.24, 2.45) is 0 Å². The van der Waals surface area contributed by atoms with E-state index in [4.69, 9.17) is 4.98 Å². The molecule has 0 saturated carbocycles. The van der Waals surface area contributed by atoms with Crippen LogP contribution in [0.5, 0.6) is 0 Å². The second-order valence-corrected chi connectivity index (χ2v) is 7.74. The summed E-state index contributed by atoms with van der Waals surface area (Å²) in [6.45, 7) is 0. The maximum atomic E-state index is 12.6. The van der Waals surface area contributed by atoms with E-state index >= 15 is 0 Å². The molecule has 0 fully saturated rings. The van der Waals surface area contributed by atoms with Crippen molar-refractivity contribution in [2.75, 3.05) is 24.3 Å². The van der Waals surface area contributed by atoms with Gasteiger partial charge >= 0.3 is 0 Å². The van der Waals surface area contributed by atoms with Gasteiger partial charge in [-0.25, -0.2) is 4.98 Å². The smallest absolute Gasteiger partial charge is 0.255 e. The van der Waals surface area contributed by atoms with Crippen LogP contribution in [0.4, 0.5) is 11.4 Å². The van der Waals surface area contributed by atoms with E-state index in [1.54, 1.807) is 11.3 Å². The fourth-order valence-corrected chi connectivity index (χ4v) is 3.81. The van der Waals surface area contributed by atoms with Crippen molar-refractivity contribution < 1.29 is 4.79 Å². The van der Waals surface area contributed by atoms with E-state index in [-0.39, 0.29) is 5.91 Å². The molecule has 0 saturated heterocycles. The Morgan fingerprint density at radius 1 is 0.897 bits per heavy atom. The first kappa shape index (κ1) is 18.9. The van der Waals surface area contributed by atoms with Gasteiger partial charge in [-0.2, -0.15) is 0 Å². The number of amides is 1. The molecule has 4 aromatic rings. The molecule has 0 atom stereocenters. The minimum atomic E-state index is -0.124. The van der Waals surface area contributed by atoms with Crippen molar-refractivity contribution >= 4 is 28.6 Å². The van der Waals surface area contributed by atoms with Crippen LogP contribution in [-0.4, -0.2) is 25.0 Å². The zero-order chi connectivity index (χ0) is 20.2. The minimum absolute atomic E-state index is 0.124. The topological polar surface area (TPSA) is 45.2 Å². The fourth-order valence-electron chi connectivity index (χ4n) is 2.97. The molecule has 0 unspecified atom stereocenters. The first-order valence-corrected chi connectivity index (χ1v) is 10.2. The number of nitrogens with one attached hydrogen (secondary N) is 1. The number of benzene rings is 3. The average Bonchev–Trinajstić information content (AvgIpc) is 3.25. The maximum Gasteiger partial charge on any atom is 0.255 e. The predicted octanol–water partition coefficient (Wildman–Crippen LogP) is 5.80. The molecule has 5 heteroatoms. The number of anilines is 2. The van der Waals surface area contributed by atoms with Gasteiger partial charge in [-0.3, -0.25) is 4.79 Å². The lowest BCUT2D eigenvalue weighted by Crippen LogP contribution is -2.14. The third kappa shape index (κ3) is 4.36. The highest BCUT2D eigenvalue weighted by Crippen LogP contribution is 2.29. The van der Waals surface area contributed by atoms with Crippen LogP contribution >= 0.6 is 11.3 Å². The van der Waals surface area contributed by atoms with Crippen LogP contribution in [0, 0.1) is 0 Å². The molecule has 0 radical (unpaired) electrons. The molecule has 29 heavy (non-hydrogen) atoms. The molecular weight excluding hydrogens is 378 g/mol. The molecule has 1 aromatic heterocycles. The largest absolute Gasteiger partial charge is 0.378 e. The highest BCUT2D eigenvalue weighted by atomic mass is 32.1. The number of rotatable bonds is 5. The summed E-state index contributed by atoms with van der Waals surface area (Å²) in [5.74, 6) is -0.124. The van der Waals surface area contributed by atoms with E-state index in [0.29, 0.717) is 5.56 Å². The van der Waals surface area contributed by atoms with E-state index < -0.39 is 0 Å². The first-order chi connectivity index (χ1) is 14.1. The molecule has 4 rings (SSSR count). The van der Waals surface area contributed by atoms with Gasteiger partial charge in [-0.15, -0.1) is 11.3 Å². The van der Waals surface area contributed by atoms with Gasteiger partial charge < -0.3 is 10.2 Å². The Bertz CT molecular complexity index is 1120. The molecule has 1 heterocycles. The SMILES string of the molecule is CN(C)c1cccc(C(=O)Nc2ccc(-c3csc(-c4ccccc4)n3)cc2)c1. The van der Waals surface area contributed by atoms with Crippen LogP contribution < -0.4 is 10.2 Å². The fraction of sp³-hybridized carbons (Fsp3) is 0.0833. The average molecular weight is 400 g/mol. The number of aromatic nitrogens is 1. The van der Waals surface area contributed by atoms with E-state index in [9.17, 15) is 4.79 Å². The summed E-state index contributed by atoms with van der Waals surface area (Å²) in [7, 11) is 3.91. The Morgan fingerprint density at radius 3 is 2.38 bits per heavy atom. The predicted molar refractivity (Wildman–Crippen MR) is 122 cm³/mol. The Hall–Kier alpha value is -3.44. The number of thiazole rings is 1. The third-order valence-corrected chi connectivity index (χ3v) is 5.48. The van der Waals surface area contributed by atoms with Gasteiger partial charge in [0.15, 0.2) is 0 Å². The molecule has 144 valence electrons. The molecule has 1 amide bonds. The van der Waals surface area contributed by atoms with E-state index in [1.807, 2.05) is 85.7 Å². The van der Waals surface area contributed by atoms with Crippen LogP contribution in [0.3, 0.4) is 0 Å². The highest BCUT2D eigenvalue weighted by molar-refractivity contribution is 7.13. The second-order valence-electron chi connectivity index (χ2n) is 6.88. The number of carbonyl (C=O) groups excluding carboxylic acids is 1. The zero-order valence-electron chi connectivity index (χ0n) is 16.3. The molecular formula is C24H21N3OS. The van der Waals surface area contributed by atoms with Crippen molar-refractivity contribution in [1.29, 1.82) is 0 Å². The van der Waals surface area contributed by atoms with Crippen molar-refractivity contribution in [3.63, 3.8) is 0 Å². The summed E-state index contributed by atoms with van der Waals surface area (Å²) < 4.78 is 0. The number of carbonyl (C=O) groups is 1. The van der Waals surface area contributed by atoms with Gasteiger partial charge in [0.05, 0.1) is 5.69 Å². The lowest BCUT2D eigenvalue weighted by molar-refractivity contribution is 0.102.